The van der Waals surface area contributed by atoms with E-state index in [0.717, 1.165) is 0 Å². The van der Waals surface area contributed by atoms with Gasteiger partial charge in [0.25, 0.3) is 0 Å². The Kier molecular flexibility index (Phi) is 3.56. The molecule has 0 aromatic rings. The lowest BCUT2D eigenvalue weighted by Gasteiger charge is -2.29. The first-order valence-electron chi connectivity index (χ1n) is 4.99. The maximum atomic E-state index is 5.89. The molecule has 0 unspecified atom stereocenters. The highest BCUT2D eigenvalue weighted by molar-refractivity contribution is 6.69. The average molecular weight is 194 g/mol. The van der Waals surface area contributed by atoms with Crippen molar-refractivity contribution in [2.45, 2.75) is 32.7 Å². The van der Waals surface area contributed by atoms with Crippen molar-refractivity contribution in [3.05, 3.63) is 24.1 Å². The summed E-state index contributed by atoms with van der Waals surface area (Å²) >= 11 is 0. The molecule has 0 fully saturated rings. The highest BCUT2D eigenvalue weighted by Gasteiger charge is 2.25. The Labute approximate surface area is 84.3 Å². The van der Waals surface area contributed by atoms with Gasteiger partial charge in [-0.25, -0.2) is 0 Å². The van der Waals surface area contributed by atoms with Gasteiger partial charge in [-0.05, 0) is 11.0 Å². The molecule has 1 aliphatic heterocycles. The number of hydrogen-bond donors (Lipinski definition) is 0. The van der Waals surface area contributed by atoms with Gasteiger partial charge in [0.2, 0.25) is 0 Å². The molecule has 0 saturated heterocycles. The molecule has 0 atom stereocenters. The second kappa shape index (κ2) is 4.29. The Hall–Kier alpha value is -0.278. The molecule has 0 spiro atoms. The first-order chi connectivity index (χ1) is 6.02. The third kappa shape index (κ3) is 3.16. The van der Waals surface area contributed by atoms with E-state index in [1.807, 2.05) is 0 Å². The lowest BCUT2D eigenvalue weighted by atomic mass is 9.72. The molecular weight excluding hydrogens is 175 g/mol. The molecule has 13 heavy (non-hydrogen) atoms. The van der Waals surface area contributed by atoms with Crippen molar-refractivity contribution < 1.29 is 4.34 Å². The van der Waals surface area contributed by atoms with Crippen LogP contribution in [0.1, 0.15) is 27.7 Å². The third-order valence-electron chi connectivity index (χ3n) is 2.92. The van der Waals surface area contributed by atoms with Crippen LogP contribution in [0.15, 0.2) is 24.1 Å². The summed E-state index contributed by atoms with van der Waals surface area (Å²) < 4.78 is 5.89. The van der Waals surface area contributed by atoms with E-state index < -0.39 is 9.76 Å². The molecule has 0 aromatic heterocycles. The van der Waals surface area contributed by atoms with Gasteiger partial charge in [0.05, 0.1) is 0 Å². The molecule has 1 heterocycles. The van der Waals surface area contributed by atoms with E-state index in [2.05, 4.69) is 51.8 Å². The van der Waals surface area contributed by atoms with E-state index in [1.54, 1.807) is 0 Å². The predicted molar refractivity (Wildman–Crippen MR) is 62.5 cm³/mol. The van der Waals surface area contributed by atoms with Crippen LogP contribution in [-0.4, -0.2) is 16.7 Å². The van der Waals surface area contributed by atoms with Gasteiger partial charge in [0, 0.05) is 0 Å². The smallest absolute Gasteiger partial charge is 0.335 e. The van der Waals surface area contributed by atoms with E-state index in [9.17, 15) is 0 Å². The molecule has 0 bridgehead atoms. The molecular formula is C10H19BOSi. The van der Waals surface area contributed by atoms with Crippen LogP contribution < -0.4 is 0 Å². The second-order valence-corrected chi connectivity index (χ2v) is 7.13. The lowest BCUT2D eigenvalue weighted by molar-refractivity contribution is 0.433. The SMILES string of the molecule is CC(C)C(C)(C)[SiH2]OB1C=CC=C1. The fourth-order valence-electron chi connectivity index (χ4n) is 1.00. The first-order valence-corrected chi connectivity index (χ1v) is 6.27. The molecule has 0 saturated carbocycles. The minimum absolute atomic E-state index is 0.268. The minimum Gasteiger partial charge on any atom is -0.474 e. The third-order valence-corrected chi connectivity index (χ3v) is 5.04. The van der Waals surface area contributed by atoms with Crippen LogP contribution in [0.25, 0.3) is 0 Å². The molecule has 0 aliphatic carbocycles. The number of hydrogen-bond acceptors (Lipinski definition) is 1. The summed E-state index contributed by atoms with van der Waals surface area (Å²) in [6.45, 7) is 9.44. The fraction of sp³-hybridized carbons (Fsp3) is 0.600. The zero-order valence-corrected chi connectivity index (χ0v) is 10.5. The van der Waals surface area contributed by atoms with Gasteiger partial charge in [-0.2, -0.15) is 0 Å². The molecule has 3 heteroatoms. The Morgan fingerprint density at radius 1 is 1.23 bits per heavy atom. The van der Waals surface area contributed by atoms with E-state index in [0.29, 0.717) is 11.0 Å². The van der Waals surface area contributed by atoms with Crippen molar-refractivity contribution in [3.8, 4) is 0 Å². The normalized spacial score (nSPS) is 17.2. The zero-order valence-electron chi connectivity index (χ0n) is 9.08. The number of allylic oxidation sites excluding steroid dienone is 2. The van der Waals surface area contributed by atoms with Crippen LogP contribution in [0.5, 0.6) is 0 Å². The summed E-state index contributed by atoms with van der Waals surface area (Å²) in [5.74, 6) is 4.95. The predicted octanol–water partition coefficient (Wildman–Crippen LogP) is 2.14. The molecule has 0 amide bonds. The van der Waals surface area contributed by atoms with Crippen LogP contribution >= 0.6 is 0 Å². The van der Waals surface area contributed by atoms with Gasteiger partial charge < -0.3 is 4.34 Å². The standard InChI is InChI=1S/C10H19BOSi/c1-9(2)10(3,4)13-12-11-7-5-6-8-11/h5-9H,13H2,1-4H3. The van der Waals surface area contributed by atoms with Gasteiger partial charge >= 0.3 is 6.92 Å². The topological polar surface area (TPSA) is 9.23 Å². The van der Waals surface area contributed by atoms with Crippen LogP contribution in [0, 0.1) is 5.92 Å². The van der Waals surface area contributed by atoms with Crippen LogP contribution in [-0.2, 0) is 4.34 Å². The lowest BCUT2D eigenvalue weighted by Crippen LogP contribution is -2.26. The van der Waals surface area contributed by atoms with Crippen molar-refractivity contribution in [1.29, 1.82) is 0 Å². The summed E-state index contributed by atoms with van der Waals surface area (Å²) in [6.07, 6.45) is 4.11. The maximum absolute atomic E-state index is 5.89. The van der Waals surface area contributed by atoms with Crippen molar-refractivity contribution >= 4 is 16.7 Å². The van der Waals surface area contributed by atoms with Crippen LogP contribution in [0.4, 0.5) is 0 Å². The average Bonchev–Trinajstić information content (AvgIpc) is 2.52. The summed E-state index contributed by atoms with van der Waals surface area (Å²) in [7, 11) is -0.440. The Bertz CT molecular complexity index is 209. The van der Waals surface area contributed by atoms with Crippen molar-refractivity contribution in [3.63, 3.8) is 0 Å². The van der Waals surface area contributed by atoms with Crippen molar-refractivity contribution in [2.75, 3.05) is 0 Å². The van der Waals surface area contributed by atoms with E-state index in [4.69, 9.17) is 4.34 Å². The Morgan fingerprint density at radius 3 is 2.23 bits per heavy atom. The van der Waals surface area contributed by atoms with Crippen LogP contribution in [0.3, 0.4) is 0 Å². The Balaban J connectivity index is 2.33. The summed E-state index contributed by atoms with van der Waals surface area (Å²) in [5, 5.41) is 0.407. The van der Waals surface area contributed by atoms with E-state index >= 15 is 0 Å². The molecule has 0 radical (unpaired) electrons. The quantitative estimate of drug-likeness (QED) is 0.623. The van der Waals surface area contributed by atoms with E-state index in [1.165, 1.54) is 0 Å². The fourth-order valence-corrected chi connectivity index (χ4v) is 2.18. The van der Waals surface area contributed by atoms with E-state index in [-0.39, 0.29) is 6.92 Å². The van der Waals surface area contributed by atoms with Gasteiger partial charge in [-0.15, -0.1) is 0 Å². The zero-order chi connectivity index (χ0) is 9.90. The monoisotopic (exact) mass is 194 g/mol. The van der Waals surface area contributed by atoms with Gasteiger partial charge in [0.15, 0.2) is 0 Å². The van der Waals surface area contributed by atoms with Gasteiger partial charge in [-0.1, -0.05) is 51.8 Å². The molecule has 1 rings (SSSR count). The summed E-state index contributed by atoms with van der Waals surface area (Å²) in [5.41, 5.74) is 0. The second-order valence-electron chi connectivity index (χ2n) is 4.69. The molecule has 72 valence electrons. The van der Waals surface area contributed by atoms with Crippen molar-refractivity contribution in [2.24, 2.45) is 5.92 Å². The minimum atomic E-state index is -0.440. The van der Waals surface area contributed by atoms with Crippen molar-refractivity contribution in [1.82, 2.24) is 0 Å². The highest BCUT2D eigenvalue weighted by Crippen LogP contribution is 2.32. The van der Waals surface area contributed by atoms with Crippen LogP contribution in [0.2, 0.25) is 5.04 Å². The highest BCUT2D eigenvalue weighted by atomic mass is 28.2. The molecule has 1 aliphatic rings. The molecule has 1 nitrogen and oxygen atoms in total. The molecule has 0 N–H and O–H groups in total. The maximum Gasteiger partial charge on any atom is 0.335 e. The largest absolute Gasteiger partial charge is 0.474 e. The van der Waals surface area contributed by atoms with Gasteiger partial charge in [-0.3, -0.25) is 0 Å². The molecule has 0 aromatic carbocycles. The Morgan fingerprint density at radius 2 is 1.77 bits per heavy atom. The summed E-state index contributed by atoms with van der Waals surface area (Å²) in [6, 6.07) is 0. The first kappa shape index (κ1) is 10.8. The summed E-state index contributed by atoms with van der Waals surface area (Å²) in [4.78, 5) is 0. The number of rotatable bonds is 4. The van der Waals surface area contributed by atoms with Gasteiger partial charge in [0.1, 0.15) is 9.76 Å².